The molecule has 25 heavy (non-hydrogen) atoms. The number of carbonyl (C=O) groups is 1. The van der Waals surface area contributed by atoms with Crippen molar-refractivity contribution in [1.29, 1.82) is 0 Å². The van der Waals surface area contributed by atoms with E-state index in [4.69, 9.17) is 4.74 Å². The molecule has 134 valence electrons. The second kappa shape index (κ2) is 8.88. The normalized spacial score (nSPS) is 12.4. The molecule has 0 unspecified atom stereocenters. The van der Waals surface area contributed by atoms with E-state index >= 15 is 0 Å². The number of hydrogen-bond acceptors (Lipinski definition) is 3. The van der Waals surface area contributed by atoms with Gasteiger partial charge in [-0.15, -0.1) is 12.4 Å². The summed E-state index contributed by atoms with van der Waals surface area (Å²) in [6, 6.07) is 13.7. The molecule has 0 aliphatic carbocycles. The molecule has 0 bridgehead atoms. The summed E-state index contributed by atoms with van der Waals surface area (Å²) in [5.74, 6) is 1.11. The molecule has 0 saturated carbocycles. The Morgan fingerprint density at radius 3 is 2.76 bits per heavy atom. The SMILES string of the molecule is CC(C)COc1cccc(C(=O)NCc2ccc3c(c2)CNC3)c1.Cl. The fourth-order valence-electron chi connectivity index (χ4n) is 2.73. The minimum atomic E-state index is -0.0800. The first kappa shape index (κ1) is 19.3. The molecule has 2 N–H and O–H groups in total. The van der Waals surface area contributed by atoms with E-state index in [1.165, 1.54) is 11.1 Å². The number of nitrogens with one attached hydrogen (secondary N) is 2. The van der Waals surface area contributed by atoms with Crippen LogP contribution in [0, 0.1) is 5.92 Å². The fraction of sp³-hybridized carbons (Fsp3) is 0.350. The van der Waals surface area contributed by atoms with E-state index in [2.05, 4.69) is 42.7 Å². The van der Waals surface area contributed by atoms with Gasteiger partial charge in [-0.3, -0.25) is 4.79 Å². The number of ether oxygens (including phenoxy) is 1. The highest BCUT2D eigenvalue weighted by molar-refractivity contribution is 5.94. The summed E-state index contributed by atoms with van der Waals surface area (Å²) in [7, 11) is 0. The molecule has 0 fully saturated rings. The minimum Gasteiger partial charge on any atom is -0.493 e. The summed E-state index contributed by atoms with van der Waals surface area (Å²) in [4.78, 5) is 12.4. The van der Waals surface area contributed by atoms with E-state index in [1.807, 2.05) is 18.2 Å². The van der Waals surface area contributed by atoms with Crippen molar-refractivity contribution in [2.24, 2.45) is 5.92 Å². The van der Waals surface area contributed by atoms with Gasteiger partial charge in [0, 0.05) is 25.2 Å². The lowest BCUT2D eigenvalue weighted by molar-refractivity contribution is 0.0950. The van der Waals surface area contributed by atoms with Crippen LogP contribution in [-0.2, 0) is 19.6 Å². The maximum absolute atomic E-state index is 12.4. The second-order valence-electron chi connectivity index (χ2n) is 6.62. The van der Waals surface area contributed by atoms with Crippen molar-refractivity contribution in [3.05, 3.63) is 64.7 Å². The van der Waals surface area contributed by atoms with E-state index in [1.54, 1.807) is 6.07 Å². The highest BCUT2D eigenvalue weighted by Crippen LogP contribution is 2.17. The molecule has 0 saturated heterocycles. The Morgan fingerprint density at radius 2 is 1.96 bits per heavy atom. The summed E-state index contributed by atoms with van der Waals surface area (Å²) in [5, 5.41) is 6.31. The van der Waals surface area contributed by atoms with Crippen molar-refractivity contribution >= 4 is 18.3 Å². The molecule has 1 aliphatic rings. The van der Waals surface area contributed by atoms with Crippen LogP contribution in [0.15, 0.2) is 42.5 Å². The first-order valence-corrected chi connectivity index (χ1v) is 8.44. The van der Waals surface area contributed by atoms with Crippen LogP contribution in [0.4, 0.5) is 0 Å². The van der Waals surface area contributed by atoms with Crippen molar-refractivity contribution in [2.45, 2.75) is 33.5 Å². The molecule has 0 aromatic heterocycles. The highest BCUT2D eigenvalue weighted by atomic mass is 35.5. The third-order valence-electron chi connectivity index (χ3n) is 4.03. The molecule has 0 radical (unpaired) electrons. The molecular weight excluding hydrogens is 336 g/mol. The summed E-state index contributed by atoms with van der Waals surface area (Å²) in [5.41, 5.74) is 4.42. The molecule has 2 aromatic rings. The van der Waals surface area contributed by atoms with Crippen LogP contribution in [-0.4, -0.2) is 12.5 Å². The van der Waals surface area contributed by atoms with Gasteiger partial charge in [-0.05, 0) is 40.8 Å². The molecule has 1 aliphatic heterocycles. The Morgan fingerprint density at radius 1 is 1.16 bits per heavy atom. The van der Waals surface area contributed by atoms with Crippen molar-refractivity contribution in [1.82, 2.24) is 10.6 Å². The number of carbonyl (C=O) groups excluding carboxylic acids is 1. The van der Waals surface area contributed by atoms with E-state index < -0.39 is 0 Å². The summed E-state index contributed by atoms with van der Waals surface area (Å²) in [6.45, 7) is 7.22. The molecule has 5 heteroatoms. The van der Waals surface area contributed by atoms with Gasteiger partial charge in [0.2, 0.25) is 0 Å². The van der Waals surface area contributed by atoms with E-state index in [-0.39, 0.29) is 18.3 Å². The second-order valence-corrected chi connectivity index (χ2v) is 6.62. The average Bonchev–Trinajstić information content (AvgIpc) is 3.06. The molecule has 3 rings (SSSR count). The predicted octanol–water partition coefficient (Wildman–Crippen LogP) is 3.68. The lowest BCUT2D eigenvalue weighted by Gasteiger charge is -2.10. The molecule has 0 atom stereocenters. The zero-order valence-corrected chi connectivity index (χ0v) is 15.5. The maximum Gasteiger partial charge on any atom is 0.251 e. The smallest absolute Gasteiger partial charge is 0.251 e. The van der Waals surface area contributed by atoms with Crippen molar-refractivity contribution in [2.75, 3.05) is 6.61 Å². The van der Waals surface area contributed by atoms with Gasteiger partial charge < -0.3 is 15.4 Å². The summed E-state index contributed by atoms with van der Waals surface area (Å²) in [6.07, 6.45) is 0. The number of rotatable bonds is 6. The van der Waals surface area contributed by atoms with Crippen molar-refractivity contribution in [3.8, 4) is 5.75 Å². The van der Waals surface area contributed by atoms with E-state index in [9.17, 15) is 4.79 Å². The number of amides is 1. The zero-order chi connectivity index (χ0) is 16.9. The van der Waals surface area contributed by atoms with E-state index in [0.29, 0.717) is 24.6 Å². The molecule has 2 aromatic carbocycles. The Labute approximate surface area is 155 Å². The van der Waals surface area contributed by atoms with Crippen LogP contribution in [0.5, 0.6) is 5.75 Å². The maximum atomic E-state index is 12.4. The molecule has 4 nitrogen and oxygen atoms in total. The van der Waals surface area contributed by atoms with Gasteiger partial charge in [0.05, 0.1) is 6.61 Å². The highest BCUT2D eigenvalue weighted by Gasteiger charge is 2.11. The number of halogens is 1. The van der Waals surface area contributed by atoms with Crippen LogP contribution in [0.1, 0.15) is 40.9 Å². The first-order chi connectivity index (χ1) is 11.6. The average molecular weight is 361 g/mol. The molecule has 1 amide bonds. The van der Waals surface area contributed by atoms with Crippen LogP contribution >= 0.6 is 12.4 Å². The van der Waals surface area contributed by atoms with Gasteiger partial charge in [0.15, 0.2) is 0 Å². The third-order valence-corrected chi connectivity index (χ3v) is 4.03. The molecule has 1 heterocycles. The monoisotopic (exact) mass is 360 g/mol. The Balaban J connectivity index is 0.00000225. The minimum absolute atomic E-state index is 0. The van der Waals surface area contributed by atoms with Gasteiger partial charge in [-0.2, -0.15) is 0 Å². The first-order valence-electron chi connectivity index (χ1n) is 8.44. The number of benzene rings is 2. The van der Waals surface area contributed by atoms with Gasteiger partial charge in [0.25, 0.3) is 5.91 Å². The van der Waals surface area contributed by atoms with Crippen LogP contribution in [0.3, 0.4) is 0 Å². The van der Waals surface area contributed by atoms with Crippen LogP contribution in [0.25, 0.3) is 0 Å². The largest absolute Gasteiger partial charge is 0.493 e. The molecule has 0 spiro atoms. The standard InChI is InChI=1S/C20H24N2O2.ClH/c1-14(2)13-24-19-5-3-4-16(9-19)20(23)22-10-15-6-7-17-11-21-12-18(17)8-15;/h3-9,14,21H,10-13H2,1-2H3,(H,22,23);1H. The van der Waals surface area contributed by atoms with Gasteiger partial charge in [-0.25, -0.2) is 0 Å². The van der Waals surface area contributed by atoms with Crippen LogP contribution < -0.4 is 15.4 Å². The van der Waals surface area contributed by atoms with Gasteiger partial charge in [-0.1, -0.05) is 38.1 Å². The Kier molecular flexibility index (Phi) is 6.85. The quantitative estimate of drug-likeness (QED) is 0.826. The zero-order valence-electron chi connectivity index (χ0n) is 14.7. The number of hydrogen-bond donors (Lipinski definition) is 2. The summed E-state index contributed by atoms with van der Waals surface area (Å²) < 4.78 is 5.68. The summed E-state index contributed by atoms with van der Waals surface area (Å²) >= 11 is 0. The predicted molar refractivity (Wildman–Crippen MR) is 102 cm³/mol. The van der Waals surface area contributed by atoms with Crippen molar-refractivity contribution in [3.63, 3.8) is 0 Å². The van der Waals surface area contributed by atoms with Gasteiger partial charge in [0.1, 0.15) is 5.75 Å². The Hall–Kier alpha value is -2.04. The topological polar surface area (TPSA) is 50.4 Å². The third kappa shape index (κ3) is 5.21. The lowest BCUT2D eigenvalue weighted by atomic mass is 10.1. The van der Waals surface area contributed by atoms with Crippen LogP contribution in [0.2, 0.25) is 0 Å². The molecular formula is C20H25ClN2O2. The lowest BCUT2D eigenvalue weighted by Crippen LogP contribution is -2.22. The number of fused-ring (bicyclic) bond motifs is 1. The fourth-order valence-corrected chi connectivity index (χ4v) is 2.73. The van der Waals surface area contributed by atoms with Gasteiger partial charge >= 0.3 is 0 Å². The van der Waals surface area contributed by atoms with Crippen molar-refractivity contribution < 1.29 is 9.53 Å². The van der Waals surface area contributed by atoms with E-state index in [0.717, 1.165) is 24.4 Å². The Bertz CT molecular complexity index is 731.